The summed E-state index contributed by atoms with van der Waals surface area (Å²) in [5.74, 6) is 0. The number of piperidine rings is 1. The van der Waals surface area contributed by atoms with E-state index in [1.165, 1.54) is 12.8 Å². The largest absolute Gasteiger partial charge is 0.303 e. The first-order valence-electron chi connectivity index (χ1n) is 5.36. The molecule has 0 aromatic heterocycles. The molecule has 0 N–H and O–H groups in total. The monoisotopic (exact) mass is 187 g/mol. The van der Waals surface area contributed by atoms with Gasteiger partial charge in [0.1, 0.15) is 0 Å². The van der Waals surface area contributed by atoms with Crippen LogP contribution >= 0.6 is 0 Å². The van der Waals surface area contributed by atoms with Crippen LogP contribution in [0.1, 0.15) is 40.0 Å². The lowest BCUT2D eigenvalue weighted by Gasteiger charge is -2.38. The Labute approximate surface area is 81.3 Å². The lowest BCUT2D eigenvalue weighted by molar-refractivity contribution is 0.109. The van der Waals surface area contributed by atoms with Crippen LogP contribution in [0.5, 0.6) is 0 Å². The van der Waals surface area contributed by atoms with Crippen molar-refractivity contribution in [3.63, 3.8) is 0 Å². The van der Waals surface area contributed by atoms with Crippen molar-refractivity contribution in [2.75, 3.05) is 19.6 Å². The third-order valence-electron chi connectivity index (χ3n) is 2.82. The molecule has 13 heavy (non-hydrogen) atoms. The van der Waals surface area contributed by atoms with E-state index in [0.717, 1.165) is 19.6 Å². The minimum atomic E-state index is -0.648. The normalized spacial score (nSPS) is 25.8. The van der Waals surface area contributed by atoms with E-state index >= 15 is 0 Å². The van der Waals surface area contributed by atoms with Gasteiger partial charge in [-0.2, -0.15) is 0 Å². The highest BCUT2D eigenvalue weighted by molar-refractivity contribution is 4.79. The minimum absolute atomic E-state index is 0.442. The Hall–Kier alpha value is -0.110. The average molecular weight is 187 g/mol. The molecule has 0 spiro atoms. The third-order valence-corrected chi connectivity index (χ3v) is 2.82. The highest BCUT2D eigenvalue weighted by Crippen LogP contribution is 2.28. The van der Waals surface area contributed by atoms with Gasteiger partial charge in [0, 0.05) is 13.1 Å². The molecule has 0 aromatic carbocycles. The second-order valence-electron chi connectivity index (χ2n) is 5.11. The van der Waals surface area contributed by atoms with Crippen molar-refractivity contribution < 1.29 is 4.39 Å². The van der Waals surface area contributed by atoms with Crippen molar-refractivity contribution in [2.24, 2.45) is 5.41 Å². The molecule has 0 amide bonds. The molecule has 78 valence electrons. The molecule has 1 fully saturated rings. The van der Waals surface area contributed by atoms with Crippen LogP contribution in [0.3, 0.4) is 0 Å². The van der Waals surface area contributed by atoms with Gasteiger partial charge in [-0.15, -0.1) is 0 Å². The number of rotatable bonds is 3. The van der Waals surface area contributed by atoms with E-state index in [-0.39, 0.29) is 0 Å². The van der Waals surface area contributed by atoms with E-state index in [1.54, 1.807) is 6.92 Å². The van der Waals surface area contributed by atoms with Crippen molar-refractivity contribution in [1.82, 2.24) is 4.90 Å². The number of halogens is 1. The number of likely N-dealkylation sites (tertiary alicyclic amines) is 1. The topological polar surface area (TPSA) is 3.24 Å². The lowest BCUT2D eigenvalue weighted by Crippen LogP contribution is -2.40. The number of hydrogen-bond acceptors (Lipinski definition) is 1. The van der Waals surface area contributed by atoms with E-state index in [2.05, 4.69) is 18.7 Å². The molecule has 1 rings (SSSR count). The standard InChI is InChI=1S/C11H22FN/c1-10(12)5-8-13-7-4-6-11(2,3)9-13/h10H,4-9H2,1-3H3. The van der Waals surface area contributed by atoms with Crippen molar-refractivity contribution in [1.29, 1.82) is 0 Å². The Balaban J connectivity index is 2.26. The Morgan fingerprint density at radius 2 is 2.15 bits per heavy atom. The number of alkyl halides is 1. The predicted octanol–water partition coefficient (Wildman–Crippen LogP) is 2.86. The van der Waals surface area contributed by atoms with Gasteiger partial charge in [0.05, 0.1) is 6.17 Å². The van der Waals surface area contributed by atoms with Gasteiger partial charge in [-0.3, -0.25) is 0 Å². The molecule has 0 bridgehead atoms. The van der Waals surface area contributed by atoms with Crippen molar-refractivity contribution in [3.05, 3.63) is 0 Å². The smallest absolute Gasteiger partial charge is 0.0985 e. The maximum Gasteiger partial charge on any atom is 0.0985 e. The fourth-order valence-electron chi connectivity index (χ4n) is 2.10. The molecule has 0 aliphatic carbocycles. The Bertz CT molecular complexity index is 154. The zero-order chi connectivity index (χ0) is 9.90. The summed E-state index contributed by atoms with van der Waals surface area (Å²) >= 11 is 0. The van der Waals surface area contributed by atoms with Crippen molar-refractivity contribution in [3.8, 4) is 0 Å². The van der Waals surface area contributed by atoms with Crippen LogP contribution in [0.15, 0.2) is 0 Å². The van der Waals surface area contributed by atoms with Gasteiger partial charge in [0.25, 0.3) is 0 Å². The fraction of sp³-hybridized carbons (Fsp3) is 1.00. The molecule has 1 aliphatic rings. The van der Waals surface area contributed by atoms with E-state index in [1.807, 2.05) is 0 Å². The molecule has 1 heterocycles. The third kappa shape index (κ3) is 4.08. The highest BCUT2D eigenvalue weighted by atomic mass is 19.1. The Kier molecular flexibility index (Phi) is 3.72. The molecule has 1 saturated heterocycles. The summed E-state index contributed by atoms with van der Waals surface area (Å²) in [6.07, 6.45) is 2.63. The number of nitrogens with zero attached hydrogens (tertiary/aromatic N) is 1. The van der Waals surface area contributed by atoms with Gasteiger partial charge >= 0.3 is 0 Å². The second kappa shape index (κ2) is 4.41. The summed E-state index contributed by atoms with van der Waals surface area (Å²) in [6, 6.07) is 0. The molecular formula is C11H22FN. The predicted molar refractivity (Wildman–Crippen MR) is 54.6 cm³/mol. The maximum atomic E-state index is 12.6. The first kappa shape index (κ1) is 11.0. The molecule has 1 nitrogen and oxygen atoms in total. The fourth-order valence-corrected chi connectivity index (χ4v) is 2.10. The SMILES string of the molecule is CC(F)CCN1CCCC(C)(C)C1. The van der Waals surface area contributed by atoms with E-state index in [9.17, 15) is 4.39 Å². The van der Waals surface area contributed by atoms with Crippen LogP contribution in [0.2, 0.25) is 0 Å². The van der Waals surface area contributed by atoms with E-state index in [4.69, 9.17) is 0 Å². The van der Waals surface area contributed by atoms with Gasteiger partial charge in [-0.05, 0) is 38.1 Å². The molecule has 2 heteroatoms. The molecule has 0 saturated carbocycles. The molecule has 0 aromatic rings. The van der Waals surface area contributed by atoms with Crippen LogP contribution in [-0.2, 0) is 0 Å². The van der Waals surface area contributed by atoms with Gasteiger partial charge < -0.3 is 4.90 Å². The average Bonchev–Trinajstić information content (AvgIpc) is 1.99. The quantitative estimate of drug-likeness (QED) is 0.656. The zero-order valence-electron chi connectivity index (χ0n) is 9.15. The van der Waals surface area contributed by atoms with Crippen LogP contribution < -0.4 is 0 Å². The first-order chi connectivity index (χ1) is 5.99. The Morgan fingerprint density at radius 3 is 2.69 bits per heavy atom. The molecular weight excluding hydrogens is 165 g/mol. The molecule has 1 atom stereocenters. The van der Waals surface area contributed by atoms with Gasteiger partial charge in [0.2, 0.25) is 0 Å². The first-order valence-corrected chi connectivity index (χ1v) is 5.36. The molecule has 1 unspecified atom stereocenters. The van der Waals surface area contributed by atoms with Gasteiger partial charge in [-0.1, -0.05) is 13.8 Å². The van der Waals surface area contributed by atoms with Crippen LogP contribution in [0.4, 0.5) is 4.39 Å². The van der Waals surface area contributed by atoms with Crippen molar-refractivity contribution in [2.45, 2.75) is 46.2 Å². The van der Waals surface area contributed by atoms with Crippen LogP contribution in [-0.4, -0.2) is 30.7 Å². The summed E-state index contributed by atoms with van der Waals surface area (Å²) in [7, 11) is 0. The summed E-state index contributed by atoms with van der Waals surface area (Å²) in [6.45, 7) is 9.49. The van der Waals surface area contributed by atoms with Gasteiger partial charge in [-0.25, -0.2) is 4.39 Å². The minimum Gasteiger partial charge on any atom is -0.303 e. The van der Waals surface area contributed by atoms with Crippen molar-refractivity contribution >= 4 is 0 Å². The summed E-state index contributed by atoms with van der Waals surface area (Å²) in [5, 5.41) is 0. The van der Waals surface area contributed by atoms with Crippen LogP contribution in [0, 0.1) is 5.41 Å². The van der Waals surface area contributed by atoms with Gasteiger partial charge in [0.15, 0.2) is 0 Å². The summed E-state index contributed by atoms with van der Waals surface area (Å²) in [4.78, 5) is 2.40. The lowest BCUT2D eigenvalue weighted by atomic mass is 9.84. The molecule has 1 aliphatic heterocycles. The second-order valence-corrected chi connectivity index (χ2v) is 5.11. The number of hydrogen-bond donors (Lipinski definition) is 0. The Morgan fingerprint density at radius 1 is 1.46 bits per heavy atom. The molecule has 0 radical (unpaired) electrons. The summed E-state index contributed by atoms with van der Waals surface area (Å²) in [5.41, 5.74) is 0.442. The van der Waals surface area contributed by atoms with E-state index < -0.39 is 6.17 Å². The zero-order valence-corrected chi connectivity index (χ0v) is 9.15. The van der Waals surface area contributed by atoms with E-state index in [0.29, 0.717) is 11.8 Å². The maximum absolute atomic E-state index is 12.6. The van der Waals surface area contributed by atoms with Crippen LogP contribution in [0.25, 0.3) is 0 Å². The highest BCUT2D eigenvalue weighted by Gasteiger charge is 2.25. The summed E-state index contributed by atoms with van der Waals surface area (Å²) < 4.78 is 12.6.